The molecule has 2 aromatic rings. The van der Waals surface area contributed by atoms with E-state index in [0.717, 1.165) is 16.9 Å². The van der Waals surface area contributed by atoms with Crippen molar-refractivity contribution in [3.63, 3.8) is 0 Å². The molecule has 1 aromatic heterocycles. The molecule has 0 fully saturated rings. The summed E-state index contributed by atoms with van der Waals surface area (Å²) in [7, 11) is 0. The summed E-state index contributed by atoms with van der Waals surface area (Å²) in [6.45, 7) is 2.21. The monoisotopic (exact) mass is 218 g/mol. The van der Waals surface area contributed by atoms with Crippen molar-refractivity contribution in [3.8, 4) is 22.8 Å². The second-order valence-corrected chi connectivity index (χ2v) is 3.61. The predicted octanol–water partition coefficient (Wildman–Crippen LogP) is 1.96. The predicted molar refractivity (Wildman–Crippen MR) is 57.2 cm³/mol. The fourth-order valence-corrected chi connectivity index (χ4v) is 1.80. The van der Waals surface area contributed by atoms with E-state index < -0.39 is 0 Å². The van der Waals surface area contributed by atoms with Gasteiger partial charge in [-0.05, 0) is 18.6 Å². The smallest absolute Gasteiger partial charge is 0.231 e. The summed E-state index contributed by atoms with van der Waals surface area (Å²) in [6, 6.07) is 5.50. The number of nitrogen functional groups attached to an aromatic ring is 1. The number of hydrogen-bond donors (Lipinski definition) is 1. The molecule has 2 heterocycles. The molecule has 16 heavy (non-hydrogen) atoms. The minimum absolute atomic E-state index is 0.235. The van der Waals surface area contributed by atoms with E-state index in [1.165, 1.54) is 0 Å². The van der Waals surface area contributed by atoms with Gasteiger partial charge in [0, 0.05) is 6.07 Å². The molecule has 0 saturated heterocycles. The fraction of sp³-hybridized carbons (Fsp3) is 0.182. The number of nitrogens with two attached hydrogens (primary N) is 1. The molecule has 3 rings (SSSR count). The number of ether oxygens (including phenoxy) is 2. The zero-order valence-electron chi connectivity index (χ0n) is 8.69. The Morgan fingerprint density at radius 2 is 2.19 bits per heavy atom. The molecule has 2 N–H and O–H groups in total. The van der Waals surface area contributed by atoms with Crippen LogP contribution in [-0.4, -0.2) is 11.9 Å². The Labute approximate surface area is 91.7 Å². The third-order valence-corrected chi connectivity index (χ3v) is 2.53. The van der Waals surface area contributed by atoms with Crippen molar-refractivity contribution in [1.82, 2.24) is 5.16 Å². The molecule has 0 bridgehead atoms. The Morgan fingerprint density at radius 1 is 1.31 bits per heavy atom. The summed E-state index contributed by atoms with van der Waals surface area (Å²) in [5.41, 5.74) is 8.08. The summed E-state index contributed by atoms with van der Waals surface area (Å²) < 4.78 is 15.6. The lowest BCUT2D eigenvalue weighted by molar-refractivity contribution is 0.174. The second kappa shape index (κ2) is 3.16. The maximum absolute atomic E-state index is 5.51. The number of aryl methyl sites for hydroxylation is 1. The molecule has 82 valence electrons. The summed E-state index contributed by atoms with van der Waals surface area (Å²) in [5, 5.41) is 3.89. The molecule has 5 nitrogen and oxygen atoms in total. The number of anilines is 1. The van der Waals surface area contributed by atoms with Crippen molar-refractivity contribution < 1.29 is 14.0 Å². The summed E-state index contributed by atoms with van der Waals surface area (Å²) in [5.74, 6) is 1.71. The van der Waals surface area contributed by atoms with Gasteiger partial charge in [0.15, 0.2) is 11.5 Å². The first kappa shape index (κ1) is 9.08. The summed E-state index contributed by atoms with van der Waals surface area (Å²) in [4.78, 5) is 0. The average molecular weight is 218 g/mol. The number of rotatable bonds is 1. The molecule has 0 saturated carbocycles. The van der Waals surface area contributed by atoms with Crippen LogP contribution in [0.2, 0.25) is 0 Å². The van der Waals surface area contributed by atoms with Gasteiger partial charge in [0.2, 0.25) is 12.7 Å². The first-order valence-corrected chi connectivity index (χ1v) is 4.87. The minimum atomic E-state index is 0.235. The zero-order valence-corrected chi connectivity index (χ0v) is 8.69. The van der Waals surface area contributed by atoms with E-state index in [2.05, 4.69) is 5.16 Å². The van der Waals surface area contributed by atoms with E-state index in [0.29, 0.717) is 11.4 Å². The minimum Gasteiger partial charge on any atom is -0.454 e. The number of benzene rings is 1. The maximum atomic E-state index is 5.51. The van der Waals surface area contributed by atoms with Gasteiger partial charge in [-0.1, -0.05) is 11.2 Å². The molecule has 1 aliphatic rings. The van der Waals surface area contributed by atoms with Crippen LogP contribution in [0.25, 0.3) is 11.3 Å². The van der Waals surface area contributed by atoms with E-state index in [4.69, 9.17) is 19.7 Å². The number of hydrogen-bond acceptors (Lipinski definition) is 5. The molecule has 1 aromatic carbocycles. The average Bonchev–Trinajstić information content (AvgIpc) is 2.86. The van der Waals surface area contributed by atoms with Crippen LogP contribution in [0.5, 0.6) is 11.5 Å². The van der Waals surface area contributed by atoms with Crippen LogP contribution >= 0.6 is 0 Å². The standard InChI is InChI=1S/C11H10N2O3/c1-6-2-3-8-11(15-5-14-8)10(6)7-4-9(12)16-13-7/h2-4H,5,12H2,1H3. The van der Waals surface area contributed by atoms with Crippen LogP contribution in [-0.2, 0) is 0 Å². The Bertz CT molecular complexity index is 548. The lowest BCUT2D eigenvalue weighted by Crippen LogP contribution is -1.94. The van der Waals surface area contributed by atoms with Gasteiger partial charge in [-0.3, -0.25) is 0 Å². The molecule has 0 radical (unpaired) electrons. The molecule has 0 spiro atoms. The number of nitrogens with zero attached hydrogens (tertiary/aromatic N) is 1. The molecule has 1 aliphatic heterocycles. The number of aromatic nitrogens is 1. The van der Waals surface area contributed by atoms with Crippen molar-refractivity contribution >= 4 is 5.88 Å². The van der Waals surface area contributed by atoms with Gasteiger partial charge in [-0.2, -0.15) is 0 Å². The quantitative estimate of drug-likeness (QED) is 0.792. The van der Waals surface area contributed by atoms with Gasteiger partial charge in [0.25, 0.3) is 0 Å². The highest BCUT2D eigenvalue weighted by Gasteiger charge is 2.22. The molecular weight excluding hydrogens is 208 g/mol. The molecule has 0 atom stereocenters. The summed E-state index contributed by atoms with van der Waals surface area (Å²) in [6.07, 6.45) is 0. The molecule has 0 unspecified atom stereocenters. The topological polar surface area (TPSA) is 70.5 Å². The highest BCUT2D eigenvalue weighted by atomic mass is 16.7. The lowest BCUT2D eigenvalue weighted by atomic mass is 10.0. The Balaban J connectivity index is 2.23. The second-order valence-electron chi connectivity index (χ2n) is 3.61. The van der Waals surface area contributed by atoms with E-state index in [1.807, 2.05) is 19.1 Å². The molecule has 0 amide bonds. The fourth-order valence-electron chi connectivity index (χ4n) is 1.80. The van der Waals surface area contributed by atoms with Crippen LogP contribution in [0, 0.1) is 6.92 Å². The van der Waals surface area contributed by atoms with Crippen molar-refractivity contribution in [2.24, 2.45) is 0 Å². The molecular formula is C11H10N2O3. The maximum Gasteiger partial charge on any atom is 0.231 e. The molecule has 5 heteroatoms. The van der Waals surface area contributed by atoms with Crippen molar-refractivity contribution in [3.05, 3.63) is 23.8 Å². The third kappa shape index (κ3) is 1.21. The van der Waals surface area contributed by atoms with Crippen molar-refractivity contribution in [1.29, 1.82) is 0 Å². The highest BCUT2D eigenvalue weighted by Crippen LogP contribution is 2.43. The van der Waals surface area contributed by atoms with Gasteiger partial charge in [-0.25, -0.2) is 0 Å². The van der Waals surface area contributed by atoms with E-state index in [1.54, 1.807) is 6.07 Å². The van der Waals surface area contributed by atoms with E-state index in [-0.39, 0.29) is 12.7 Å². The first-order valence-electron chi connectivity index (χ1n) is 4.87. The van der Waals surface area contributed by atoms with Gasteiger partial charge in [-0.15, -0.1) is 0 Å². The summed E-state index contributed by atoms with van der Waals surface area (Å²) >= 11 is 0. The van der Waals surface area contributed by atoms with Gasteiger partial charge in [0.1, 0.15) is 5.69 Å². The highest BCUT2D eigenvalue weighted by molar-refractivity contribution is 5.75. The Morgan fingerprint density at radius 3 is 2.94 bits per heavy atom. The van der Waals surface area contributed by atoms with Crippen LogP contribution in [0.1, 0.15) is 5.56 Å². The van der Waals surface area contributed by atoms with Gasteiger partial charge < -0.3 is 19.7 Å². The van der Waals surface area contributed by atoms with Crippen LogP contribution < -0.4 is 15.2 Å². The molecule has 0 aliphatic carbocycles. The SMILES string of the molecule is Cc1ccc2c(c1-c1cc(N)on1)OCO2. The largest absolute Gasteiger partial charge is 0.454 e. The first-order chi connectivity index (χ1) is 7.75. The van der Waals surface area contributed by atoms with Gasteiger partial charge >= 0.3 is 0 Å². The Kier molecular flexibility index (Phi) is 1.80. The number of fused-ring (bicyclic) bond motifs is 1. The lowest BCUT2D eigenvalue weighted by Gasteiger charge is -2.05. The van der Waals surface area contributed by atoms with Crippen LogP contribution in [0.3, 0.4) is 0 Å². The van der Waals surface area contributed by atoms with Crippen molar-refractivity contribution in [2.45, 2.75) is 6.92 Å². The zero-order chi connectivity index (χ0) is 11.1. The van der Waals surface area contributed by atoms with Crippen LogP contribution in [0.4, 0.5) is 5.88 Å². The van der Waals surface area contributed by atoms with Crippen LogP contribution in [0.15, 0.2) is 22.7 Å². The normalized spacial score (nSPS) is 13.1. The van der Waals surface area contributed by atoms with Gasteiger partial charge in [0.05, 0.1) is 5.56 Å². The Hall–Kier alpha value is -2.17. The van der Waals surface area contributed by atoms with E-state index in [9.17, 15) is 0 Å². The van der Waals surface area contributed by atoms with Crippen molar-refractivity contribution in [2.75, 3.05) is 12.5 Å². The third-order valence-electron chi connectivity index (χ3n) is 2.53. The van der Waals surface area contributed by atoms with E-state index >= 15 is 0 Å².